The third-order valence-corrected chi connectivity index (χ3v) is 5.79. The van der Waals surface area contributed by atoms with Gasteiger partial charge >= 0.3 is 0 Å². The highest BCUT2D eigenvalue weighted by molar-refractivity contribution is 7.15. The highest BCUT2D eigenvalue weighted by atomic mass is 32.1. The monoisotopic (exact) mass is 338 g/mol. The van der Waals surface area contributed by atoms with Gasteiger partial charge in [0, 0.05) is 47.5 Å². The van der Waals surface area contributed by atoms with Crippen molar-refractivity contribution in [1.29, 1.82) is 0 Å². The summed E-state index contributed by atoms with van der Waals surface area (Å²) in [5.74, 6) is 0.574. The second-order valence-electron chi connectivity index (χ2n) is 6.53. The Hall–Kier alpha value is -1.98. The lowest BCUT2D eigenvalue weighted by molar-refractivity contribution is 0.200. The molecule has 0 saturated carbocycles. The number of benzene rings is 1. The summed E-state index contributed by atoms with van der Waals surface area (Å²) in [6.07, 6.45) is 6.39. The zero-order chi connectivity index (χ0) is 16.4. The second-order valence-corrected chi connectivity index (χ2v) is 7.65. The maximum atomic E-state index is 4.66. The molecule has 3 aromatic rings. The predicted molar refractivity (Wildman–Crippen MR) is 98.1 cm³/mol. The molecule has 4 nitrogen and oxygen atoms in total. The van der Waals surface area contributed by atoms with Crippen LogP contribution in [0, 0.1) is 6.92 Å². The molecule has 0 bridgehead atoms. The fourth-order valence-corrected chi connectivity index (χ4v) is 4.53. The Bertz CT molecular complexity index is 793. The van der Waals surface area contributed by atoms with Gasteiger partial charge in [0.1, 0.15) is 5.01 Å². The average molecular weight is 338 g/mol. The highest BCUT2D eigenvalue weighted by Crippen LogP contribution is 2.30. The lowest BCUT2D eigenvalue weighted by Gasteiger charge is -2.31. The first-order valence-corrected chi connectivity index (χ1v) is 9.33. The number of nitrogens with zero attached hydrogens (tertiary/aromatic N) is 3. The summed E-state index contributed by atoms with van der Waals surface area (Å²) < 4.78 is 0. The van der Waals surface area contributed by atoms with Crippen LogP contribution in [0.15, 0.2) is 42.7 Å². The van der Waals surface area contributed by atoms with Crippen LogP contribution in [0.25, 0.3) is 10.6 Å². The van der Waals surface area contributed by atoms with E-state index >= 15 is 0 Å². The molecule has 124 valence electrons. The van der Waals surface area contributed by atoms with Crippen LogP contribution in [0.2, 0.25) is 0 Å². The number of hydrogen-bond acceptors (Lipinski definition) is 4. The molecule has 1 aliphatic rings. The van der Waals surface area contributed by atoms with Crippen molar-refractivity contribution in [3.05, 3.63) is 58.9 Å². The lowest BCUT2D eigenvalue weighted by atomic mass is 9.95. The number of hydrogen-bond donors (Lipinski definition) is 1. The molecule has 3 heterocycles. The number of likely N-dealkylation sites (tertiary alicyclic amines) is 1. The molecule has 0 aliphatic carbocycles. The number of H-pyrrole nitrogens is 1. The molecule has 1 atom stereocenters. The zero-order valence-corrected chi connectivity index (χ0v) is 14.7. The van der Waals surface area contributed by atoms with Crippen molar-refractivity contribution in [2.75, 3.05) is 13.1 Å². The lowest BCUT2D eigenvalue weighted by Crippen LogP contribution is -2.33. The predicted octanol–water partition coefficient (Wildman–Crippen LogP) is 4.22. The summed E-state index contributed by atoms with van der Waals surface area (Å²) in [4.78, 5) is 8.55. The normalized spacial score (nSPS) is 18.8. The van der Waals surface area contributed by atoms with E-state index in [0.717, 1.165) is 18.1 Å². The van der Waals surface area contributed by atoms with Gasteiger partial charge in [0.05, 0.1) is 0 Å². The molecule has 1 aliphatic heterocycles. The Morgan fingerprint density at radius 1 is 1.29 bits per heavy atom. The molecule has 0 spiro atoms. The molecule has 0 amide bonds. The molecule has 1 aromatic carbocycles. The van der Waals surface area contributed by atoms with Crippen molar-refractivity contribution in [2.24, 2.45) is 0 Å². The Balaban J connectivity index is 1.45. The first-order valence-electron chi connectivity index (χ1n) is 8.52. The Morgan fingerprint density at radius 3 is 3.04 bits per heavy atom. The minimum Gasteiger partial charge on any atom is -0.298 e. The summed E-state index contributed by atoms with van der Waals surface area (Å²) in [6, 6.07) is 10.6. The third kappa shape index (κ3) is 3.28. The van der Waals surface area contributed by atoms with E-state index in [1.165, 1.54) is 41.1 Å². The second kappa shape index (κ2) is 6.87. The molecule has 4 rings (SSSR count). The van der Waals surface area contributed by atoms with Crippen LogP contribution in [0.5, 0.6) is 0 Å². The Morgan fingerprint density at radius 2 is 2.21 bits per heavy atom. The fraction of sp³-hybridized carbons (Fsp3) is 0.368. The molecular weight excluding hydrogens is 316 g/mol. The Labute approximate surface area is 146 Å². The minimum absolute atomic E-state index is 0.574. The van der Waals surface area contributed by atoms with E-state index in [1.54, 1.807) is 0 Å². The van der Waals surface area contributed by atoms with Gasteiger partial charge < -0.3 is 0 Å². The van der Waals surface area contributed by atoms with Crippen molar-refractivity contribution >= 4 is 11.3 Å². The summed E-state index contributed by atoms with van der Waals surface area (Å²) in [7, 11) is 0. The SMILES string of the molecule is Cc1ccccc1-c1ncc(CN2CCCC(c3ccn[nH]3)C2)s1. The number of piperidine rings is 1. The quantitative estimate of drug-likeness (QED) is 0.774. The van der Waals surface area contributed by atoms with Crippen LogP contribution in [-0.4, -0.2) is 33.2 Å². The highest BCUT2D eigenvalue weighted by Gasteiger charge is 2.22. The number of aryl methyl sites for hydroxylation is 1. The number of thiazole rings is 1. The van der Waals surface area contributed by atoms with Crippen molar-refractivity contribution in [3.63, 3.8) is 0 Å². The van der Waals surface area contributed by atoms with Gasteiger partial charge in [0.2, 0.25) is 0 Å². The van der Waals surface area contributed by atoms with Crippen molar-refractivity contribution in [1.82, 2.24) is 20.1 Å². The van der Waals surface area contributed by atoms with E-state index in [0.29, 0.717) is 5.92 Å². The summed E-state index contributed by atoms with van der Waals surface area (Å²) in [5.41, 5.74) is 3.81. The van der Waals surface area contributed by atoms with Gasteiger partial charge in [-0.05, 0) is 37.9 Å². The summed E-state index contributed by atoms with van der Waals surface area (Å²) in [5, 5.41) is 8.37. The molecule has 2 aromatic heterocycles. The molecular formula is C19H22N4S. The molecule has 1 N–H and O–H groups in total. The summed E-state index contributed by atoms with van der Waals surface area (Å²) in [6.45, 7) is 5.41. The first-order chi connectivity index (χ1) is 11.8. The van der Waals surface area contributed by atoms with Crippen LogP contribution >= 0.6 is 11.3 Å². The molecule has 24 heavy (non-hydrogen) atoms. The van der Waals surface area contributed by atoms with Gasteiger partial charge in [-0.3, -0.25) is 10.00 Å². The zero-order valence-electron chi connectivity index (χ0n) is 13.9. The topological polar surface area (TPSA) is 44.8 Å². The van der Waals surface area contributed by atoms with Gasteiger partial charge in [-0.2, -0.15) is 5.10 Å². The van der Waals surface area contributed by atoms with Crippen LogP contribution in [0.1, 0.15) is 34.9 Å². The molecule has 5 heteroatoms. The molecule has 1 unspecified atom stereocenters. The Kier molecular flexibility index (Phi) is 4.45. The van der Waals surface area contributed by atoms with E-state index in [9.17, 15) is 0 Å². The molecule has 1 saturated heterocycles. The number of rotatable bonds is 4. The third-order valence-electron chi connectivity index (χ3n) is 4.78. The average Bonchev–Trinajstić information content (AvgIpc) is 3.27. The van der Waals surface area contributed by atoms with Gasteiger partial charge in [-0.15, -0.1) is 11.3 Å². The van der Waals surface area contributed by atoms with E-state index in [1.807, 2.05) is 23.7 Å². The largest absolute Gasteiger partial charge is 0.298 e. The summed E-state index contributed by atoms with van der Waals surface area (Å²) >= 11 is 1.82. The van der Waals surface area contributed by atoms with Crippen molar-refractivity contribution < 1.29 is 0 Å². The first kappa shape index (κ1) is 15.5. The maximum Gasteiger partial charge on any atom is 0.123 e. The van der Waals surface area contributed by atoms with Crippen molar-refractivity contribution in [2.45, 2.75) is 32.2 Å². The van der Waals surface area contributed by atoms with Crippen LogP contribution in [0.4, 0.5) is 0 Å². The van der Waals surface area contributed by atoms with Gasteiger partial charge in [0.15, 0.2) is 0 Å². The van der Waals surface area contributed by atoms with E-state index in [-0.39, 0.29) is 0 Å². The van der Waals surface area contributed by atoms with Crippen molar-refractivity contribution in [3.8, 4) is 10.6 Å². The van der Waals surface area contributed by atoms with Gasteiger partial charge in [-0.25, -0.2) is 4.98 Å². The number of aromatic nitrogens is 3. The minimum atomic E-state index is 0.574. The standard InChI is InChI=1S/C19H22N4S/c1-14-5-2-3-7-17(14)19-20-11-16(24-19)13-23-10-4-6-15(12-23)18-8-9-21-22-18/h2-3,5,7-9,11,15H,4,6,10,12-13H2,1H3,(H,21,22). The smallest absolute Gasteiger partial charge is 0.123 e. The molecule has 0 radical (unpaired) electrons. The van der Waals surface area contributed by atoms with E-state index in [4.69, 9.17) is 0 Å². The van der Waals surface area contributed by atoms with Gasteiger partial charge in [-0.1, -0.05) is 24.3 Å². The molecule has 1 fully saturated rings. The van der Waals surface area contributed by atoms with E-state index < -0.39 is 0 Å². The van der Waals surface area contributed by atoms with E-state index in [2.05, 4.69) is 57.3 Å². The number of nitrogens with one attached hydrogen (secondary N) is 1. The van der Waals surface area contributed by atoms with Crippen LogP contribution in [-0.2, 0) is 6.54 Å². The number of aromatic amines is 1. The fourth-order valence-electron chi connectivity index (χ4n) is 3.49. The van der Waals surface area contributed by atoms with Gasteiger partial charge in [0.25, 0.3) is 0 Å². The maximum absolute atomic E-state index is 4.66. The van der Waals surface area contributed by atoms with Crippen LogP contribution < -0.4 is 0 Å². The van der Waals surface area contributed by atoms with Crippen LogP contribution in [0.3, 0.4) is 0 Å².